The molecule has 1 aliphatic heterocycles. The van der Waals surface area contributed by atoms with E-state index in [0.29, 0.717) is 25.9 Å². The van der Waals surface area contributed by atoms with E-state index in [4.69, 9.17) is 9.84 Å². The van der Waals surface area contributed by atoms with Crippen LogP contribution >= 0.6 is 0 Å². The number of carboxylic acid groups (broad SMARTS) is 1. The first kappa shape index (κ1) is 13.4. The maximum atomic E-state index is 11.7. The topological polar surface area (TPSA) is 83.9 Å². The van der Waals surface area contributed by atoms with Gasteiger partial charge in [-0.2, -0.15) is 0 Å². The van der Waals surface area contributed by atoms with Crippen molar-refractivity contribution in [2.24, 2.45) is 5.92 Å². The second-order valence-corrected chi connectivity index (χ2v) is 5.91. The number of piperidine rings is 1. The zero-order valence-corrected chi connectivity index (χ0v) is 10.1. The number of carboxylic acids is 1. The van der Waals surface area contributed by atoms with Crippen LogP contribution in [0.4, 0.5) is 0 Å². The van der Waals surface area contributed by atoms with Crippen molar-refractivity contribution in [3.05, 3.63) is 0 Å². The zero-order valence-electron chi connectivity index (χ0n) is 9.26. The Hall–Kier alpha value is -0.660. The number of hydrogen-bond acceptors (Lipinski definition) is 4. The van der Waals surface area contributed by atoms with Gasteiger partial charge in [0.1, 0.15) is 0 Å². The van der Waals surface area contributed by atoms with Crippen molar-refractivity contribution in [1.29, 1.82) is 0 Å². The van der Waals surface area contributed by atoms with E-state index < -0.39 is 21.9 Å². The molecule has 0 aromatic rings. The van der Waals surface area contributed by atoms with Crippen LogP contribution in [0, 0.1) is 5.92 Å². The smallest absolute Gasteiger partial charge is 0.306 e. The van der Waals surface area contributed by atoms with Gasteiger partial charge in [0.25, 0.3) is 0 Å². The monoisotopic (exact) mass is 251 g/mol. The van der Waals surface area contributed by atoms with Crippen LogP contribution in [0.5, 0.6) is 0 Å². The van der Waals surface area contributed by atoms with Gasteiger partial charge in [0.05, 0.1) is 18.3 Å². The molecule has 0 aromatic carbocycles. The van der Waals surface area contributed by atoms with Crippen molar-refractivity contribution in [3.63, 3.8) is 0 Å². The predicted molar refractivity (Wildman–Crippen MR) is 57.6 cm³/mol. The van der Waals surface area contributed by atoms with Crippen molar-refractivity contribution < 1.29 is 23.1 Å². The summed E-state index contributed by atoms with van der Waals surface area (Å²) in [5.74, 6) is -1.29. The van der Waals surface area contributed by atoms with Gasteiger partial charge in [0.15, 0.2) is 0 Å². The normalized spacial score (nSPS) is 19.8. The van der Waals surface area contributed by atoms with Crippen LogP contribution in [0.15, 0.2) is 0 Å². The number of carbonyl (C=O) groups is 1. The quantitative estimate of drug-likeness (QED) is 0.729. The lowest BCUT2D eigenvalue weighted by Crippen LogP contribution is -2.41. The molecule has 6 nitrogen and oxygen atoms in total. The lowest BCUT2D eigenvalue weighted by atomic mass is 9.99. The first-order valence-electron chi connectivity index (χ1n) is 5.17. The molecular weight excluding hydrogens is 234 g/mol. The Labute approximate surface area is 95.2 Å². The second kappa shape index (κ2) is 5.60. The summed E-state index contributed by atoms with van der Waals surface area (Å²) in [6.45, 7) is 0.757. The van der Waals surface area contributed by atoms with Crippen molar-refractivity contribution in [2.75, 3.05) is 32.6 Å². The maximum absolute atomic E-state index is 11.7. The van der Waals surface area contributed by atoms with Gasteiger partial charge in [0.2, 0.25) is 10.0 Å². The van der Waals surface area contributed by atoms with Gasteiger partial charge >= 0.3 is 5.97 Å². The molecule has 16 heavy (non-hydrogen) atoms. The van der Waals surface area contributed by atoms with Gasteiger partial charge in [-0.05, 0) is 12.8 Å². The zero-order chi connectivity index (χ0) is 12.2. The number of sulfonamides is 1. The maximum Gasteiger partial charge on any atom is 0.306 e. The summed E-state index contributed by atoms with van der Waals surface area (Å²) in [6.07, 6.45) is 0.781. The molecule has 0 unspecified atom stereocenters. The minimum Gasteiger partial charge on any atom is -0.481 e. The molecule has 7 heteroatoms. The van der Waals surface area contributed by atoms with Crippen LogP contribution < -0.4 is 0 Å². The van der Waals surface area contributed by atoms with E-state index in [2.05, 4.69) is 0 Å². The molecule has 1 N–H and O–H groups in total. The molecule has 0 saturated carbocycles. The van der Waals surface area contributed by atoms with Gasteiger partial charge in [-0.3, -0.25) is 4.79 Å². The van der Waals surface area contributed by atoms with Crippen molar-refractivity contribution in [2.45, 2.75) is 12.8 Å². The van der Waals surface area contributed by atoms with Crippen molar-refractivity contribution in [1.82, 2.24) is 4.31 Å². The molecule has 1 aliphatic rings. The molecule has 1 fully saturated rings. The fourth-order valence-corrected chi connectivity index (χ4v) is 3.10. The second-order valence-electron chi connectivity index (χ2n) is 3.82. The third kappa shape index (κ3) is 3.43. The molecule has 1 saturated heterocycles. The fourth-order valence-electron chi connectivity index (χ4n) is 1.70. The summed E-state index contributed by atoms with van der Waals surface area (Å²) in [5, 5.41) is 8.78. The summed E-state index contributed by atoms with van der Waals surface area (Å²) in [5.41, 5.74) is 0. The lowest BCUT2D eigenvalue weighted by Gasteiger charge is -2.29. The minimum atomic E-state index is -3.28. The van der Waals surface area contributed by atoms with E-state index in [-0.39, 0.29) is 12.4 Å². The average Bonchev–Trinajstić information content (AvgIpc) is 2.26. The summed E-state index contributed by atoms with van der Waals surface area (Å²) < 4.78 is 29.5. The van der Waals surface area contributed by atoms with Gasteiger partial charge in [0, 0.05) is 20.2 Å². The molecule has 0 atom stereocenters. The molecule has 0 aliphatic carbocycles. The van der Waals surface area contributed by atoms with Crippen LogP contribution in [0.1, 0.15) is 12.8 Å². The van der Waals surface area contributed by atoms with E-state index in [1.54, 1.807) is 0 Å². The standard InChI is InChI=1S/C9H17NO5S/c1-15-6-7-16(13,14)10-4-2-8(3-5-10)9(11)12/h8H,2-7H2,1H3,(H,11,12). The molecule has 0 bridgehead atoms. The Balaban J connectivity index is 2.50. The van der Waals surface area contributed by atoms with Crippen LogP contribution in [0.2, 0.25) is 0 Å². The summed E-state index contributed by atoms with van der Waals surface area (Å²) >= 11 is 0. The van der Waals surface area contributed by atoms with Gasteiger partial charge < -0.3 is 9.84 Å². The van der Waals surface area contributed by atoms with Gasteiger partial charge in [-0.25, -0.2) is 12.7 Å². The van der Waals surface area contributed by atoms with Crippen LogP contribution in [-0.2, 0) is 19.6 Å². The SMILES string of the molecule is COCCS(=O)(=O)N1CCC(C(=O)O)CC1. The molecule has 1 rings (SSSR count). The van der Waals surface area contributed by atoms with E-state index in [1.165, 1.54) is 11.4 Å². The van der Waals surface area contributed by atoms with Crippen molar-refractivity contribution >= 4 is 16.0 Å². The van der Waals surface area contributed by atoms with Gasteiger partial charge in [-0.1, -0.05) is 0 Å². The van der Waals surface area contributed by atoms with Crippen LogP contribution in [-0.4, -0.2) is 56.4 Å². The van der Waals surface area contributed by atoms with E-state index >= 15 is 0 Å². The Kier molecular flexibility index (Phi) is 4.69. The minimum absolute atomic E-state index is 0.0404. The van der Waals surface area contributed by atoms with Crippen LogP contribution in [0.25, 0.3) is 0 Å². The number of nitrogens with zero attached hydrogens (tertiary/aromatic N) is 1. The molecule has 0 radical (unpaired) electrons. The van der Waals surface area contributed by atoms with E-state index in [1.807, 2.05) is 0 Å². The highest BCUT2D eigenvalue weighted by molar-refractivity contribution is 7.89. The number of ether oxygens (including phenoxy) is 1. The highest BCUT2D eigenvalue weighted by atomic mass is 32.2. The molecule has 0 spiro atoms. The van der Waals surface area contributed by atoms with E-state index in [0.717, 1.165) is 0 Å². The summed E-state index contributed by atoms with van der Waals surface area (Å²) in [4.78, 5) is 10.7. The predicted octanol–water partition coefficient (Wildman–Crippen LogP) is -0.241. The summed E-state index contributed by atoms with van der Waals surface area (Å²) in [6, 6.07) is 0. The van der Waals surface area contributed by atoms with Gasteiger partial charge in [-0.15, -0.1) is 0 Å². The van der Waals surface area contributed by atoms with E-state index in [9.17, 15) is 13.2 Å². The lowest BCUT2D eigenvalue weighted by molar-refractivity contribution is -0.142. The average molecular weight is 251 g/mol. The highest BCUT2D eigenvalue weighted by Crippen LogP contribution is 2.19. The molecule has 1 heterocycles. The third-order valence-corrected chi connectivity index (χ3v) is 4.58. The Morgan fingerprint density at radius 2 is 2.00 bits per heavy atom. The summed E-state index contributed by atoms with van der Waals surface area (Å²) in [7, 11) is -1.83. The molecule has 94 valence electrons. The number of hydrogen-bond donors (Lipinski definition) is 1. The highest BCUT2D eigenvalue weighted by Gasteiger charge is 2.30. The fraction of sp³-hybridized carbons (Fsp3) is 0.889. The molecule has 0 aromatic heterocycles. The number of aliphatic carboxylic acids is 1. The number of methoxy groups -OCH3 is 1. The Morgan fingerprint density at radius 1 is 1.44 bits per heavy atom. The Bertz CT molecular complexity index is 332. The third-order valence-electron chi connectivity index (χ3n) is 2.74. The first-order chi connectivity index (χ1) is 7.47. The largest absolute Gasteiger partial charge is 0.481 e. The molecule has 0 amide bonds. The van der Waals surface area contributed by atoms with Crippen molar-refractivity contribution in [3.8, 4) is 0 Å². The Morgan fingerprint density at radius 3 is 2.44 bits per heavy atom. The number of rotatable bonds is 5. The first-order valence-corrected chi connectivity index (χ1v) is 6.78. The molecular formula is C9H17NO5S. The van der Waals surface area contributed by atoms with Crippen LogP contribution in [0.3, 0.4) is 0 Å².